The molecule has 2 aromatic carbocycles. The van der Waals surface area contributed by atoms with E-state index in [4.69, 9.17) is 0 Å². The van der Waals surface area contributed by atoms with Crippen LogP contribution in [-0.4, -0.2) is 23.8 Å². The highest BCUT2D eigenvalue weighted by Gasteiger charge is 2.15. The normalized spacial score (nSPS) is 15.6. The van der Waals surface area contributed by atoms with Crippen molar-refractivity contribution in [3.05, 3.63) is 69.4 Å². The molecule has 0 amide bonds. The largest absolute Gasteiger partial charge is 0.299 e. The number of carbonyl (C=O) groups excluding carboxylic acids is 1. The topological polar surface area (TPSA) is 20.3 Å². The fourth-order valence-corrected chi connectivity index (χ4v) is 3.30. The number of benzene rings is 2. The molecule has 0 atom stereocenters. The maximum atomic E-state index is 13.9. The quantitative estimate of drug-likeness (QED) is 0.714. The lowest BCUT2D eigenvalue weighted by molar-refractivity contribution is 0.103. The molecule has 1 fully saturated rings. The Balaban J connectivity index is 1.72. The van der Waals surface area contributed by atoms with Gasteiger partial charge in [0.15, 0.2) is 5.78 Å². The molecule has 0 N–H and O–H groups in total. The molecule has 4 heteroatoms. The van der Waals surface area contributed by atoms with Gasteiger partial charge in [-0.15, -0.1) is 0 Å². The number of hydrogen-bond donors (Lipinski definition) is 0. The summed E-state index contributed by atoms with van der Waals surface area (Å²) in [6.07, 6.45) is 3.85. The van der Waals surface area contributed by atoms with Crippen LogP contribution in [-0.2, 0) is 6.54 Å². The Morgan fingerprint density at radius 2 is 1.74 bits per heavy atom. The summed E-state index contributed by atoms with van der Waals surface area (Å²) in [5.74, 6) is -0.777. The summed E-state index contributed by atoms with van der Waals surface area (Å²) in [7, 11) is 0. The highest BCUT2D eigenvalue weighted by Crippen LogP contribution is 2.19. The zero-order valence-electron chi connectivity index (χ0n) is 12.9. The summed E-state index contributed by atoms with van der Waals surface area (Å²) in [4.78, 5) is 14.9. The van der Waals surface area contributed by atoms with Crippen LogP contribution in [0.1, 0.15) is 40.7 Å². The number of halogens is 2. The standard InChI is InChI=1S/C19H19BrFNO/c20-16-8-9-17(18(21)12-16)19(23)15-6-4-14(5-7-15)13-22-10-2-1-3-11-22/h4-9,12H,1-3,10-11,13H2. The molecule has 3 rings (SSSR count). The minimum absolute atomic E-state index is 0.108. The van der Waals surface area contributed by atoms with Gasteiger partial charge in [-0.05, 0) is 49.7 Å². The fraction of sp³-hybridized carbons (Fsp3) is 0.316. The van der Waals surface area contributed by atoms with Crippen molar-refractivity contribution in [1.29, 1.82) is 0 Å². The first-order valence-corrected chi connectivity index (χ1v) is 8.74. The van der Waals surface area contributed by atoms with Crippen LogP contribution in [0.15, 0.2) is 46.9 Å². The lowest BCUT2D eigenvalue weighted by Crippen LogP contribution is -2.29. The van der Waals surface area contributed by atoms with Crippen molar-refractivity contribution < 1.29 is 9.18 Å². The molecule has 0 bridgehead atoms. The lowest BCUT2D eigenvalue weighted by atomic mass is 10.0. The van der Waals surface area contributed by atoms with Gasteiger partial charge < -0.3 is 0 Å². The van der Waals surface area contributed by atoms with Crippen molar-refractivity contribution in [2.45, 2.75) is 25.8 Å². The van der Waals surface area contributed by atoms with Crippen molar-refractivity contribution in [3.63, 3.8) is 0 Å². The van der Waals surface area contributed by atoms with Gasteiger partial charge in [0.2, 0.25) is 0 Å². The third kappa shape index (κ3) is 4.06. The van der Waals surface area contributed by atoms with Crippen molar-refractivity contribution >= 4 is 21.7 Å². The van der Waals surface area contributed by atoms with Crippen LogP contribution in [0, 0.1) is 5.82 Å². The van der Waals surface area contributed by atoms with Crippen molar-refractivity contribution in [3.8, 4) is 0 Å². The average Bonchev–Trinajstić information content (AvgIpc) is 2.56. The van der Waals surface area contributed by atoms with E-state index >= 15 is 0 Å². The molecule has 1 heterocycles. The van der Waals surface area contributed by atoms with Gasteiger partial charge in [-0.2, -0.15) is 0 Å². The predicted octanol–water partition coefficient (Wildman–Crippen LogP) is 4.81. The van der Waals surface area contributed by atoms with Crippen LogP contribution in [0.3, 0.4) is 0 Å². The molecule has 0 aliphatic carbocycles. The fourth-order valence-electron chi connectivity index (χ4n) is 2.97. The molecule has 0 aromatic heterocycles. The minimum atomic E-state index is -0.498. The molecule has 0 radical (unpaired) electrons. The number of carbonyl (C=O) groups is 1. The van der Waals surface area contributed by atoms with E-state index in [0.717, 1.165) is 19.6 Å². The SMILES string of the molecule is O=C(c1ccc(CN2CCCCC2)cc1)c1ccc(Br)cc1F. The smallest absolute Gasteiger partial charge is 0.195 e. The molecular weight excluding hydrogens is 357 g/mol. The predicted molar refractivity (Wildman–Crippen MR) is 93.1 cm³/mol. The Morgan fingerprint density at radius 1 is 1.04 bits per heavy atom. The maximum absolute atomic E-state index is 13.9. The molecule has 120 valence electrons. The van der Waals surface area contributed by atoms with Crippen molar-refractivity contribution in [1.82, 2.24) is 4.90 Å². The van der Waals surface area contributed by atoms with Crippen LogP contribution in [0.2, 0.25) is 0 Å². The molecular formula is C19H19BrFNO. The van der Waals surface area contributed by atoms with E-state index in [0.29, 0.717) is 10.0 Å². The van der Waals surface area contributed by atoms with E-state index in [9.17, 15) is 9.18 Å². The lowest BCUT2D eigenvalue weighted by Gasteiger charge is -2.26. The van der Waals surface area contributed by atoms with Gasteiger partial charge in [0.1, 0.15) is 5.82 Å². The van der Waals surface area contributed by atoms with E-state index in [1.54, 1.807) is 18.2 Å². The summed E-state index contributed by atoms with van der Waals surface area (Å²) >= 11 is 3.20. The third-order valence-electron chi connectivity index (χ3n) is 4.25. The van der Waals surface area contributed by atoms with Crippen LogP contribution in [0.25, 0.3) is 0 Å². The van der Waals surface area contributed by atoms with Crippen LogP contribution in [0.4, 0.5) is 4.39 Å². The van der Waals surface area contributed by atoms with Gasteiger partial charge in [0.05, 0.1) is 5.56 Å². The number of rotatable bonds is 4. The molecule has 1 saturated heterocycles. The highest BCUT2D eigenvalue weighted by atomic mass is 79.9. The maximum Gasteiger partial charge on any atom is 0.195 e. The number of likely N-dealkylation sites (tertiary alicyclic amines) is 1. The monoisotopic (exact) mass is 375 g/mol. The van der Waals surface area contributed by atoms with Gasteiger partial charge in [-0.3, -0.25) is 9.69 Å². The highest BCUT2D eigenvalue weighted by molar-refractivity contribution is 9.10. The Hall–Kier alpha value is -1.52. The molecule has 23 heavy (non-hydrogen) atoms. The van der Waals surface area contributed by atoms with Gasteiger partial charge in [0.25, 0.3) is 0 Å². The summed E-state index contributed by atoms with van der Waals surface area (Å²) in [6, 6.07) is 12.0. The van der Waals surface area contributed by atoms with Gasteiger partial charge in [-0.25, -0.2) is 4.39 Å². The zero-order valence-corrected chi connectivity index (χ0v) is 14.5. The van der Waals surface area contributed by atoms with E-state index in [1.165, 1.54) is 37.0 Å². The number of nitrogens with zero attached hydrogens (tertiary/aromatic N) is 1. The van der Waals surface area contributed by atoms with Gasteiger partial charge >= 0.3 is 0 Å². The Bertz CT molecular complexity index is 693. The van der Waals surface area contributed by atoms with Crippen LogP contribution < -0.4 is 0 Å². The molecule has 0 unspecified atom stereocenters. The number of piperidine rings is 1. The third-order valence-corrected chi connectivity index (χ3v) is 4.74. The Labute approximate surface area is 144 Å². The molecule has 2 nitrogen and oxygen atoms in total. The molecule has 0 spiro atoms. The Kier molecular flexibility index (Phi) is 5.23. The summed E-state index contributed by atoms with van der Waals surface area (Å²) in [6.45, 7) is 3.21. The van der Waals surface area contributed by atoms with Gasteiger partial charge in [-0.1, -0.05) is 46.6 Å². The van der Waals surface area contributed by atoms with Crippen molar-refractivity contribution in [2.75, 3.05) is 13.1 Å². The minimum Gasteiger partial charge on any atom is -0.299 e. The average molecular weight is 376 g/mol. The van der Waals surface area contributed by atoms with Crippen molar-refractivity contribution in [2.24, 2.45) is 0 Å². The molecule has 1 aliphatic rings. The number of hydrogen-bond acceptors (Lipinski definition) is 2. The van der Waals surface area contributed by atoms with E-state index in [1.807, 2.05) is 12.1 Å². The second-order valence-corrected chi connectivity index (χ2v) is 6.90. The summed E-state index contributed by atoms with van der Waals surface area (Å²) in [5, 5.41) is 0. The van der Waals surface area contributed by atoms with E-state index in [2.05, 4.69) is 20.8 Å². The van der Waals surface area contributed by atoms with Gasteiger partial charge in [0, 0.05) is 16.6 Å². The zero-order chi connectivity index (χ0) is 16.2. The molecule has 0 saturated carbocycles. The summed E-state index contributed by atoms with van der Waals surface area (Å²) in [5.41, 5.74) is 1.82. The number of ketones is 1. The second kappa shape index (κ2) is 7.37. The Morgan fingerprint density at radius 3 is 2.39 bits per heavy atom. The van der Waals surface area contributed by atoms with E-state index < -0.39 is 5.82 Å². The second-order valence-electron chi connectivity index (χ2n) is 5.99. The molecule has 2 aromatic rings. The first-order chi connectivity index (χ1) is 11.1. The molecule has 1 aliphatic heterocycles. The summed E-state index contributed by atoms with van der Waals surface area (Å²) < 4.78 is 14.5. The first kappa shape index (κ1) is 16.3. The van der Waals surface area contributed by atoms with Crippen LogP contribution >= 0.6 is 15.9 Å². The van der Waals surface area contributed by atoms with E-state index in [-0.39, 0.29) is 11.3 Å². The van der Waals surface area contributed by atoms with Crippen LogP contribution in [0.5, 0.6) is 0 Å². The first-order valence-electron chi connectivity index (χ1n) is 7.94.